The standard InChI is InChI=1S/C31H40N2OS/c1-3-4-5-6-8-12-24-13-11-16-26(19-18-24)31-33-29(22-35-31)30(34)32-28-20-17-23(2)21-27(28)25-14-9-7-10-15-25/h7,9-10,14-15,17,20-22,24,26H,3-6,8,11-13,16,18-19H2,1-2H3,(H,32,34). The molecule has 0 aliphatic heterocycles. The zero-order chi connectivity index (χ0) is 24.5. The van der Waals surface area contributed by atoms with E-state index < -0.39 is 0 Å². The van der Waals surface area contributed by atoms with Crippen molar-refractivity contribution >= 4 is 22.9 Å². The maximum absolute atomic E-state index is 13.1. The number of benzene rings is 2. The number of hydrogen-bond acceptors (Lipinski definition) is 3. The molecule has 186 valence electrons. The maximum atomic E-state index is 13.1. The summed E-state index contributed by atoms with van der Waals surface area (Å²) in [6.45, 7) is 4.36. The van der Waals surface area contributed by atoms with E-state index in [1.54, 1.807) is 11.3 Å². The Labute approximate surface area is 215 Å². The largest absolute Gasteiger partial charge is 0.320 e. The first-order chi connectivity index (χ1) is 17.1. The summed E-state index contributed by atoms with van der Waals surface area (Å²) in [6, 6.07) is 16.4. The summed E-state index contributed by atoms with van der Waals surface area (Å²) in [5.74, 6) is 1.26. The quantitative estimate of drug-likeness (QED) is 0.228. The van der Waals surface area contributed by atoms with Crippen LogP contribution in [0, 0.1) is 12.8 Å². The number of thiazole rings is 1. The normalized spacial score (nSPS) is 18.2. The van der Waals surface area contributed by atoms with Gasteiger partial charge in [-0.05, 0) is 49.8 Å². The predicted molar refractivity (Wildman–Crippen MR) is 149 cm³/mol. The van der Waals surface area contributed by atoms with Gasteiger partial charge < -0.3 is 5.32 Å². The van der Waals surface area contributed by atoms with Crippen LogP contribution >= 0.6 is 11.3 Å². The number of unbranched alkanes of at least 4 members (excludes halogenated alkanes) is 4. The third kappa shape index (κ3) is 7.27. The number of carbonyl (C=O) groups excluding carboxylic acids is 1. The third-order valence-corrected chi connectivity index (χ3v) is 8.42. The average Bonchev–Trinajstić information content (AvgIpc) is 3.26. The van der Waals surface area contributed by atoms with Crippen LogP contribution in [0.25, 0.3) is 11.1 Å². The molecule has 3 aromatic rings. The number of nitrogens with zero attached hydrogens (tertiary/aromatic N) is 1. The SMILES string of the molecule is CCCCCCCC1CCCC(c2nc(C(=O)Nc3ccc(C)cc3-c3ccccc3)cs2)CC1. The first kappa shape index (κ1) is 25.6. The van der Waals surface area contributed by atoms with E-state index in [4.69, 9.17) is 4.98 Å². The Morgan fingerprint density at radius 3 is 2.66 bits per heavy atom. The molecule has 2 atom stereocenters. The maximum Gasteiger partial charge on any atom is 0.275 e. The minimum absolute atomic E-state index is 0.118. The van der Waals surface area contributed by atoms with Crippen LogP contribution in [0.2, 0.25) is 0 Å². The molecule has 35 heavy (non-hydrogen) atoms. The molecule has 0 spiro atoms. The second-order valence-electron chi connectivity index (χ2n) is 10.2. The van der Waals surface area contributed by atoms with Crippen LogP contribution in [0.5, 0.6) is 0 Å². The van der Waals surface area contributed by atoms with Crippen molar-refractivity contribution in [2.45, 2.75) is 90.4 Å². The number of hydrogen-bond donors (Lipinski definition) is 1. The Kier molecular flexibility index (Phi) is 9.53. The number of nitrogens with one attached hydrogen (secondary N) is 1. The van der Waals surface area contributed by atoms with E-state index in [0.29, 0.717) is 11.6 Å². The Hall–Kier alpha value is -2.46. The summed E-state index contributed by atoms with van der Waals surface area (Å²) in [5.41, 5.74) is 4.69. The van der Waals surface area contributed by atoms with E-state index in [1.165, 1.54) is 76.2 Å². The van der Waals surface area contributed by atoms with Crippen LogP contribution < -0.4 is 5.32 Å². The summed E-state index contributed by atoms with van der Waals surface area (Å²) in [5, 5.41) is 6.22. The van der Waals surface area contributed by atoms with E-state index in [1.807, 2.05) is 35.7 Å². The van der Waals surface area contributed by atoms with Gasteiger partial charge in [-0.2, -0.15) is 0 Å². The zero-order valence-corrected chi connectivity index (χ0v) is 22.2. The molecule has 4 heteroatoms. The molecule has 2 unspecified atom stereocenters. The average molecular weight is 489 g/mol. The van der Waals surface area contributed by atoms with Crippen LogP contribution in [-0.4, -0.2) is 10.9 Å². The highest BCUT2D eigenvalue weighted by molar-refractivity contribution is 7.10. The molecule has 1 aromatic heterocycles. The molecule has 3 nitrogen and oxygen atoms in total. The highest BCUT2D eigenvalue weighted by Gasteiger charge is 2.23. The highest BCUT2D eigenvalue weighted by atomic mass is 32.1. The fourth-order valence-electron chi connectivity index (χ4n) is 5.34. The van der Waals surface area contributed by atoms with Gasteiger partial charge in [0.1, 0.15) is 5.69 Å². The molecule has 1 N–H and O–H groups in total. The van der Waals surface area contributed by atoms with Crippen molar-refractivity contribution in [1.82, 2.24) is 4.98 Å². The van der Waals surface area contributed by atoms with Crippen molar-refractivity contribution in [2.24, 2.45) is 5.92 Å². The lowest BCUT2D eigenvalue weighted by Gasteiger charge is -2.14. The molecule has 1 saturated carbocycles. The van der Waals surface area contributed by atoms with Gasteiger partial charge in [-0.1, -0.05) is 100 Å². The molecule has 0 radical (unpaired) electrons. The Bertz CT molecular complexity index is 1070. The first-order valence-electron chi connectivity index (χ1n) is 13.6. The van der Waals surface area contributed by atoms with Crippen molar-refractivity contribution in [3.63, 3.8) is 0 Å². The van der Waals surface area contributed by atoms with Gasteiger partial charge in [0, 0.05) is 22.5 Å². The van der Waals surface area contributed by atoms with Crippen molar-refractivity contribution < 1.29 is 4.79 Å². The van der Waals surface area contributed by atoms with Crippen LogP contribution in [-0.2, 0) is 0 Å². The second kappa shape index (κ2) is 13.0. The van der Waals surface area contributed by atoms with Gasteiger partial charge in [0.2, 0.25) is 0 Å². The van der Waals surface area contributed by atoms with Crippen LogP contribution in [0.4, 0.5) is 5.69 Å². The minimum atomic E-state index is -0.118. The number of rotatable bonds is 10. The Balaban J connectivity index is 1.36. The van der Waals surface area contributed by atoms with Crippen molar-refractivity contribution in [3.8, 4) is 11.1 Å². The van der Waals surface area contributed by atoms with Crippen molar-refractivity contribution in [3.05, 3.63) is 70.2 Å². The van der Waals surface area contributed by atoms with Crippen LogP contribution in [0.1, 0.15) is 105 Å². The summed E-state index contributed by atoms with van der Waals surface area (Å²) in [6.07, 6.45) is 14.6. The molecule has 1 fully saturated rings. The molecule has 4 rings (SSSR count). The molecule has 1 heterocycles. The summed E-state index contributed by atoms with van der Waals surface area (Å²) in [4.78, 5) is 17.9. The number of amides is 1. The number of aromatic nitrogens is 1. The van der Waals surface area contributed by atoms with Crippen molar-refractivity contribution in [1.29, 1.82) is 0 Å². The molecular formula is C31H40N2OS. The lowest BCUT2D eigenvalue weighted by Crippen LogP contribution is -2.13. The Morgan fingerprint density at radius 2 is 1.83 bits per heavy atom. The van der Waals surface area contributed by atoms with Gasteiger partial charge in [-0.15, -0.1) is 11.3 Å². The van der Waals surface area contributed by atoms with Crippen LogP contribution in [0.3, 0.4) is 0 Å². The number of aryl methyl sites for hydroxylation is 1. The van der Waals surface area contributed by atoms with Gasteiger partial charge in [-0.3, -0.25) is 4.79 Å². The lowest BCUT2D eigenvalue weighted by atomic mass is 9.93. The predicted octanol–water partition coefficient (Wildman–Crippen LogP) is 9.40. The zero-order valence-electron chi connectivity index (χ0n) is 21.4. The molecule has 0 saturated heterocycles. The number of carbonyl (C=O) groups is 1. The van der Waals surface area contributed by atoms with E-state index >= 15 is 0 Å². The molecule has 0 bridgehead atoms. The Morgan fingerprint density at radius 1 is 1.00 bits per heavy atom. The second-order valence-corrected chi connectivity index (χ2v) is 11.1. The van der Waals surface area contributed by atoms with Gasteiger partial charge in [0.05, 0.1) is 5.01 Å². The van der Waals surface area contributed by atoms with Crippen molar-refractivity contribution in [2.75, 3.05) is 5.32 Å². The molecule has 2 aromatic carbocycles. The topological polar surface area (TPSA) is 42.0 Å². The fraction of sp³-hybridized carbons (Fsp3) is 0.484. The fourth-order valence-corrected chi connectivity index (χ4v) is 6.31. The minimum Gasteiger partial charge on any atom is -0.320 e. The molecule has 1 amide bonds. The van der Waals surface area contributed by atoms with Gasteiger partial charge in [-0.25, -0.2) is 4.98 Å². The van der Waals surface area contributed by atoms with Crippen LogP contribution in [0.15, 0.2) is 53.9 Å². The van der Waals surface area contributed by atoms with Gasteiger partial charge >= 0.3 is 0 Å². The summed E-state index contributed by atoms with van der Waals surface area (Å²) < 4.78 is 0. The third-order valence-electron chi connectivity index (χ3n) is 7.42. The molecule has 1 aliphatic rings. The molecular weight excluding hydrogens is 448 g/mol. The highest BCUT2D eigenvalue weighted by Crippen LogP contribution is 2.37. The summed E-state index contributed by atoms with van der Waals surface area (Å²) >= 11 is 1.66. The number of anilines is 1. The monoisotopic (exact) mass is 488 g/mol. The van der Waals surface area contributed by atoms with E-state index in [2.05, 4.69) is 37.4 Å². The van der Waals surface area contributed by atoms with Gasteiger partial charge in [0.25, 0.3) is 5.91 Å². The molecule has 1 aliphatic carbocycles. The van der Waals surface area contributed by atoms with E-state index in [-0.39, 0.29) is 5.91 Å². The lowest BCUT2D eigenvalue weighted by molar-refractivity contribution is 0.102. The first-order valence-corrected chi connectivity index (χ1v) is 14.4. The smallest absolute Gasteiger partial charge is 0.275 e. The van der Waals surface area contributed by atoms with E-state index in [0.717, 1.165) is 27.7 Å². The van der Waals surface area contributed by atoms with Gasteiger partial charge in [0.15, 0.2) is 0 Å². The van der Waals surface area contributed by atoms with E-state index in [9.17, 15) is 4.79 Å². The summed E-state index contributed by atoms with van der Waals surface area (Å²) in [7, 11) is 0.